The molecule has 0 aliphatic heterocycles. The largest absolute Gasteiger partial charge is 0.358 e. The summed E-state index contributed by atoms with van der Waals surface area (Å²) in [7, 11) is -1.41. The molecule has 0 saturated carbocycles. The maximum Gasteiger partial charge on any atom is 0.246 e. The van der Waals surface area contributed by atoms with Gasteiger partial charge < -0.3 is 5.32 Å². The molecule has 0 bridgehead atoms. The van der Waals surface area contributed by atoms with Crippen LogP contribution in [0.2, 0.25) is 0 Å². The third kappa shape index (κ3) is 3.27. The van der Waals surface area contributed by atoms with E-state index in [-0.39, 0.29) is 6.54 Å². The molecular formula is C10H12BrFN2O3S. The van der Waals surface area contributed by atoms with Gasteiger partial charge in [-0.3, -0.25) is 4.79 Å². The standard InChI is InChI=1S/C10H12BrFN2O3S/c1-13-10(15)6-14(2)18(16,17)9-4-3-7(11)5-8(9)12/h3-5H,6H2,1-2H3,(H,13,15). The van der Waals surface area contributed by atoms with Gasteiger partial charge in [0.05, 0.1) is 6.54 Å². The SMILES string of the molecule is CNC(=O)CN(C)S(=O)(=O)c1ccc(Br)cc1F. The Kier molecular flexibility index (Phi) is 4.83. The van der Waals surface area contributed by atoms with Crippen molar-refractivity contribution in [3.63, 3.8) is 0 Å². The fourth-order valence-electron chi connectivity index (χ4n) is 1.22. The van der Waals surface area contributed by atoms with E-state index in [1.54, 1.807) is 0 Å². The second-order valence-electron chi connectivity index (χ2n) is 3.51. The van der Waals surface area contributed by atoms with Crippen molar-refractivity contribution in [1.82, 2.24) is 9.62 Å². The normalized spacial score (nSPS) is 11.6. The first-order valence-electron chi connectivity index (χ1n) is 4.91. The number of carbonyl (C=O) groups is 1. The van der Waals surface area contributed by atoms with E-state index in [0.717, 1.165) is 16.4 Å². The molecule has 18 heavy (non-hydrogen) atoms. The Morgan fingerprint density at radius 2 is 2.11 bits per heavy atom. The van der Waals surface area contributed by atoms with Crippen LogP contribution in [-0.2, 0) is 14.8 Å². The first-order valence-corrected chi connectivity index (χ1v) is 7.14. The number of amides is 1. The Morgan fingerprint density at radius 3 is 2.61 bits per heavy atom. The lowest BCUT2D eigenvalue weighted by molar-refractivity contribution is -0.120. The van der Waals surface area contributed by atoms with Gasteiger partial charge in [-0.2, -0.15) is 4.31 Å². The van der Waals surface area contributed by atoms with E-state index in [1.165, 1.54) is 20.2 Å². The highest BCUT2D eigenvalue weighted by Crippen LogP contribution is 2.21. The van der Waals surface area contributed by atoms with Crippen LogP contribution in [0.4, 0.5) is 4.39 Å². The van der Waals surface area contributed by atoms with Crippen molar-refractivity contribution >= 4 is 31.9 Å². The maximum absolute atomic E-state index is 13.6. The van der Waals surface area contributed by atoms with E-state index in [9.17, 15) is 17.6 Å². The molecule has 0 radical (unpaired) electrons. The van der Waals surface area contributed by atoms with Crippen LogP contribution in [0.25, 0.3) is 0 Å². The molecule has 0 atom stereocenters. The molecule has 0 spiro atoms. The smallest absolute Gasteiger partial charge is 0.246 e. The van der Waals surface area contributed by atoms with Gasteiger partial charge in [0.25, 0.3) is 0 Å². The summed E-state index contributed by atoms with van der Waals surface area (Å²) in [5.41, 5.74) is 0. The number of carbonyl (C=O) groups excluding carboxylic acids is 1. The van der Waals surface area contributed by atoms with Crippen LogP contribution in [0.3, 0.4) is 0 Å². The van der Waals surface area contributed by atoms with Gasteiger partial charge in [-0.25, -0.2) is 12.8 Å². The number of hydrogen-bond donors (Lipinski definition) is 1. The number of likely N-dealkylation sites (N-methyl/N-ethyl adjacent to an activating group) is 2. The molecular weight excluding hydrogens is 327 g/mol. The Balaban J connectivity index is 3.09. The van der Waals surface area contributed by atoms with Gasteiger partial charge in [0.2, 0.25) is 15.9 Å². The summed E-state index contributed by atoms with van der Waals surface area (Å²) in [6, 6.07) is 3.62. The fraction of sp³-hybridized carbons (Fsp3) is 0.300. The molecule has 0 aromatic heterocycles. The summed E-state index contributed by atoms with van der Waals surface area (Å²) in [4.78, 5) is 10.7. The zero-order chi connectivity index (χ0) is 13.9. The molecule has 1 rings (SSSR count). The Bertz CT molecular complexity index is 562. The molecule has 1 aromatic carbocycles. The molecule has 0 aliphatic carbocycles. The number of rotatable bonds is 4. The van der Waals surface area contributed by atoms with Gasteiger partial charge in [0.1, 0.15) is 10.7 Å². The highest BCUT2D eigenvalue weighted by Gasteiger charge is 2.25. The average molecular weight is 339 g/mol. The van der Waals surface area contributed by atoms with Crippen LogP contribution >= 0.6 is 15.9 Å². The van der Waals surface area contributed by atoms with Crippen LogP contribution in [0.15, 0.2) is 27.6 Å². The molecule has 1 aromatic rings. The maximum atomic E-state index is 13.6. The summed E-state index contributed by atoms with van der Waals surface area (Å²) >= 11 is 3.04. The monoisotopic (exact) mass is 338 g/mol. The van der Waals surface area contributed by atoms with Crippen molar-refractivity contribution in [2.75, 3.05) is 20.6 Å². The molecule has 0 saturated heterocycles. The minimum Gasteiger partial charge on any atom is -0.358 e. The molecule has 0 fully saturated rings. The predicted molar refractivity (Wildman–Crippen MR) is 68.0 cm³/mol. The van der Waals surface area contributed by atoms with E-state index in [0.29, 0.717) is 4.47 Å². The zero-order valence-electron chi connectivity index (χ0n) is 9.78. The van der Waals surface area contributed by atoms with Crippen LogP contribution in [-0.4, -0.2) is 39.3 Å². The van der Waals surface area contributed by atoms with Crippen molar-refractivity contribution in [3.8, 4) is 0 Å². The molecule has 0 heterocycles. The third-order valence-electron chi connectivity index (χ3n) is 2.23. The van der Waals surface area contributed by atoms with Gasteiger partial charge in [-0.15, -0.1) is 0 Å². The van der Waals surface area contributed by atoms with E-state index >= 15 is 0 Å². The van der Waals surface area contributed by atoms with Crippen molar-refractivity contribution in [1.29, 1.82) is 0 Å². The minimum absolute atomic E-state index is 0.367. The number of sulfonamides is 1. The summed E-state index contributed by atoms with van der Waals surface area (Å²) in [5, 5.41) is 2.30. The second kappa shape index (κ2) is 5.77. The first-order chi connectivity index (χ1) is 8.28. The Labute approximate surface area is 113 Å². The topological polar surface area (TPSA) is 66.5 Å². The van der Waals surface area contributed by atoms with E-state index in [2.05, 4.69) is 21.2 Å². The molecule has 0 unspecified atom stereocenters. The minimum atomic E-state index is -4.01. The van der Waals surface area contributed by atoms with Gasteiger partial charge in [-0.05, 0) is 18.2 Å². The van der Waals surface area contributed by atoms with Gasteiger partial charge in [0, 0.05) is 18.6 Å². The van der Waals surface area contributed by atoms with Gasteiger partial charge in [0.15, 0.2) is 0 Å². The molecule has 5 nitrogen and oxygen atoms in total. The molecule has 1 amide bonds. The molecule has 0 aliphatic rings. The van der Waals surface area contributed by atoms with Crippen LogP contribution < -0.4 is 5.32 Å². The van der Waals surface area contributed by atoms with Crippen molar-refractivity contribution < 1.29 is 17.6 Å². The quantitative estimate of drug-likeness (QED) is 0.888. The number of hydrogen-bond acceptors (Lipinski definition) is 3. The van der Waals surface area contributed by atoms with Crippen molar-refractivity contribution in [2.45, 2.75) is 4.90 Å². The first kappa shape index (κ1) is 15.1. The number of nitrogens with zero attached hydrogens (tertiary/aromatic N) is 1. The number of nitrogens with one attached hydrogen (secondary N) is 1. The van der Waals surface area contributed by atoms with Crippen LogP contribution in [0.1, 0.15) is 0 Å². The lowest BCUT2D eigenvalue weighted by Crippen LogP contribution is -2.37. The summed E-state index contributed by atoms with van der Waals surface area (Å²) in [6.45, 7) is -0.367. The lowest BCUT2D eigenvalue weighted by Gasteiger charge is -2.16. The van der Waals surface area contributed by atoms with E-state index in [1.807, 2.05) is 0 Å². The number of benzene rings is 1. The number of halogens is 2. The highest BCUT2D eigenvalue weighted by molar-refractivity contribution is 9.10. The molecule has 100 valence electrons. The van der Waals surface area contributed by atoms with E-state index < -0.39 is 26.6 Å². The summed E-state index contributed by atoms with van der Waals surface area (Å²) < 4.78 is 38.8. The molecule has 1 N–H and O–H groups in total. The third-order valence-corrected chi connectivity index (χ3v) is 4.56. The van der Waals surface area contributed by atoms with Crippen molar-refractivity contribution in [3.05, 3.63) is 28.5 Å². The fourth-order valence-corrected chi connectivity index (χ4v) is 2.72. The summed E-state index contributed by atoms with van der Waals surface area (Å²) in [5.74, 6) is -1.34. The summed E-state index contributed by atoms with van der Waals surface area (Å²) in [6.07, 6.45) is 0. The van der Waals surface area contributed by atoms with Crippen molar-refractivity contribution in [2.24, 2.45) is 0 Å². The van der Waals surface area contributed by atoms with Crippen LogP contribution in [0.5, 0.6) is 0 Å². The average Bonchev–Trinajstić information content (AvgIpc) is 2.28. The highest BCUT2D eigenvalue weighted by atomic mass is 79.9. The second-order valence-corrected chi connectivity index (χ2v) is 6.44. The zero-order valence-corrected chi connectivity index (χ0v) is 12.2. The molecule has 8 heteroatoms. The Hall–Kier alpha value is -0.990. The lowest BCUT2D eigenvalue weighted by atomic mass is 10.3. The van der Waals surface area contributed by atoms with Gasteiger partial charge >= 0.3 is 0 Å². The van der Waals surface area contributed by atoms with Crippen LogP contribution in [0, 0.1) is 5.82 Å². The van der Waals surface area contributed by atoms with E-state index in [4.69, 9.17) is 0 Å². The van der Waals surface area contributed by atoms with Gasteiger partial charge in [-0.1, -0.05) is 15.9 Å². The predicted octanol–water partition coefficient (Wildman–Crippen LogP) is 0.955. The Morgan fingerprint density at radius 1 is 1.50 bits per heavy atom.